The minimum Gasteiger partial charge on any atom is -0.323 e. The van der Waals surface area contributed by atoms with Crippen LogP contribution in [0.2, 0.25) is 0 Å². The molecule has 4 heteroatoms. The van der Waals surface area contributed by atoms with Crippen LogP contribution in [-0.4, -0.2) is 22.0 Å². The summed E-state index contributed by atoms with van der Waals surface area (Å²) in [7, 11) is 0. The van der Waals surface area contributed by atoms with Crippen LogP contribution in [0.1, 0.15) is 41.8 Å². The third-order valence-corrected chi connectivity index (χ3v) is 6.29. The maximum Gasteiger partial charge on any atom is 0.227 e. The molecule has 156 valence electrons. The van der Waals surface area contributed by atoms with Gasteiger partial charge in [0.2, 0.25) is 5.91 Å². The summed E-state index contributed by atoms with van der Waals surface area (Å²) in [4.78, 5) is 19.8. The molecule has 1 aliphatic rings. The number of anilines is 1. The first-order valence-electron chi connectivity index (χ1n) is 11.0. The van der Waals surface area contributed by atoms with Crippen molar-refractivity contribution in [2.45, 2.75) is 39.2 Å². The number of carbonyl (C=O) groups is 1. The van der Waals surface area contributed by atoms with Crippen LogP contribution in [0.15, 0.2) is 72.8 Å². The Hall–Kier alpha value is -3.40. The number of nitrogens with zero attached hydrogens (tertiary/aromatic N) is 3. The van der Waals surface area contributed by atoms with Gasteiger partial charge in [0.05, 0.1) is 11.0 Å². The highest BCUT2D eigenvalue weighted by atomic mass is 16.2. The van der Waals surface area contributed by atoms with Gasteiger partial charge < -0.3 is 9.47 Å². The monoisotopic (exact) mass is 409 g/mol. The first-order valence-corrected chi connectivity index (χ1v) is 11.0. The average molecular weight is 410 g/mol. The molecule has 4 nitrogen and oxygen atoms in total. The van der Waals surface area contributed by atoms with E-state index < -0.39 is 0 Å². The van der Waals surface area contributed by atoms with E-state index in [9.17, 15) is 4.79 Å². The fourth-order valence-corrected chi connectivity index (χ4v) is 4.49. The van der Waals surface area contributed by atoms with Crippen molar-refractivity contribution in [1.82, 2.24) is 9.55 Å². The van der Waals surface area contributed by atoms with Gasteiger partial charge in [0, 0.05) is 31.1 Å². The second-order valence-corrected chi connectivity index (χ2v) is 8.46. The van der Waals surface area contributed by atoms with Crippen molar-refractivity contribution >= 4 is 22.6 Å². The van der Waals surface area contributed by atoms with Crippen LogP contribution in [-0.2, 0) is 17.8 Å². The van der Waals surface area contributed by atoms with Gasteiger partial charge >= 0.3 is 0 Å². The first-order chi connectivity index (χ1) is 15.1. The van der Waals surface area contributed by atoms with Gasteiger partial charge in [-0.25, -0.2) is 4.98 Å². The van der Waals surface area contributed by atoms with Gasteiger partial charge in [-0.3, -0.25) is 4.79 Å². The molecule has 0 aliphatic carbocycles. The number of aryl methyl sites for hydroxylation is 2. The number of imidazole rings is 1. The number of hydrogen-bond acceptors (Lipinski definition) is 2. The van der Waals surface area contributed by atoms with Crippen LogP contribution in [0.5, 0.6) is 0 Å². The lowest BCUT2D eigenvalue weighted by Crippen LogP contribution is -2.24. The summed E-state index contributed by atoms with van der Waals surface area (Å²) in [5, 5.41) is 0. The summed E-state index contributed by atoms with van der Waals surface area (Å²) in [6.45, 7) is 5.67. The maximum absolute atomic E-state index is 12.9. The van der Waals surface area contributed by atoms with E-state index in [0.29, 0.717) is 13.0 Å². The van der Waals surface area contributed by atoms with Gasteiger partial charge in [-0.1, -0.05) is 61.0 Å². The lowest BCUT2D eigenvalue weighted by molar-refractivity contribution is -0.117. The van der Waals surface area contributed by atoms with E-state index in [1.165, 1.54) is 16.7 Å². The van der Waals surface area contributed by atoms with Crippen molar-refractivity contribution in [2.75, 3.05) is 11.4 Å². The zero-order valence-electron chi connectivity index (χ0n) is 18.1. The van der Waals surface area contributed by atoms with E-state index in [4.69, 9.17) is 4.98 Å². The largest absolute Gasteiger partial charge is 0.323 e. The molecular formula is C27H27N3O. The van der Waals surface area contributed by atoms with Crippen LogP contribution in [0, 0.1) is 6.92 Å². The molecule has 5 rings (SSSR count). The Kier molecular flexibility index (Phi) is 5.06. The van der Waals surface area contributed by atoms with E-state index >= 15 is 0 Å². The number of benzene rings is 3. The molecular weight excluding hydrogens is 382 g/mol. The Bertz CT molecular complexity index is 1220. The van der Waals surface area contributed by atoms with E-state index in [-0.39, 0.29) is 11.8 Å². The molecule has 1 saturated heterocycles. The second-order valence-electron chi connectivity index (χ2n) is 8.46. The Labute approximate surface area is 183 Å². The molecule has 31 heavy (non-hydrogen) atoms. The third kappa shape index (κ3) is 3.74. The summed E-state index contributed by atoms with van der Waals surface area (Å²) in [5.74, 6) is 1.25. The van der Waals surface area contributed by atoms with Gasteiger partial charge in [-0.2, -0.15) is 0 Å². The molecule has 0 unspecified atom stereocenters. The van der Waals surface area contributed by atoms with Crippen molar-refractivity contribution in [2.24, 2.45) is 0 Å². The lowest BCUT2D eigenvalue weighted by Gasteiger charge is -2.18. The van der Waals surface area contributed by atoms with Crippen LogP contribution in [0.3, 0.4) is 0 Å². The lowest BCUT2D eigenvalue weighted by atomic mass is 10.1. The van der Waals surface area contributed by atoms with Gasteiger partial charge in [0.1, 0.15) is 5.82 Å². The fraction of sp³-hybridized carbons (Fsp3) is 0.259. The molecule has 1 amide bonds. The van der Waals surface area contributed by atoms with Crippen molar-refractivity contribution in [3.8, 4) is 0 Å². The number of aromatic nitrogens is 2. The highest BCUT2D eigenvalue weighted by molar-refractivity contribution is 5.96. The minimum atomic E-state index is 0.0798. The molecule has 4 aromatic rings. The number of para-hydroxylation sites is 2. The summed E-state index contributed by atoms with van der Waals surface area (Å²) in [5.41, 5.74) is 6.87. The molecule has 0 N–H and O–H groups in total. The number of amides is 1. The van der Waals surface area contributed by atoms with E-state index in [1.807, 2.05) is 11.0 Å². The van der Waals surface area contributed by atoms with E-state index in [0.717, 1.165) is 35.5 Å². The summed E-state index contributed by atoms with van der Waals surface area (Å²) in [6.07, 6.45) is 1.49. The Balaban J connectivity index is 1.49. The van der Waals surface area contributed by atoms with Crippen LogP contribution in [0.25, 0.3) is 11.0 Å². The van der Waals surface area contributed by atoms with Crippen molar-refractivity contribution < 1.29 is 4.79 Å². The maximum atomic E-state index is 12.9. The van der Waals surface area contributed by atoms with Gasteiger partial charge in [0.25, 0.3) is 0 Å². The Morgan fingerprint density at radius 1 is 0.935 bits per heavy atom. The van der Waals surface area contributed by atoms with Crippen LogP contribution >= 0.6 is 0 Å². The number of carbonyl (C=O) groups excluding carboxylic acids is 1. The average Bonchev–Trinajstić information content (AvgIpc) is 3.36. The number of rotatable bonds is 5. The first kappa shape index (κ1) is 19.6. The quantitative estimate of drug-likeness (QED) is 0.438. The van der Waals surface area contributed by atoms with Crippen molar-refractivity contribution in [3.63, 3.8) is 0 Å². The van der Waals surface area contributed by atoms with Crippen LogP contribution < -0.4 is 4.90 Å². The molecule has 1 atom stereocenters. The molecule has 0 saturated carbocycles. The standard InChI is InChI=1S/C27H27N3O/c1-3-20-12-14-23(15-13-20)29-18-22(16-26(29)31)27-28-24-6-4-5-7-25(24)30(27)17-21-10-8-19(2)9-11-21/h4-15,22H,3,16-18H2,1-2H3/t22-/m0/s1. The SMILES string of the molecule is CCc1ccc(N2C[C@@H](c3nc4ccccc4n3Cc3ccc(C)cc3)CC2=O)cc1. The highest BCUT2D eigenvalue weighted by Crippen LogP contribution is 2.33. The molecule has 1 aromatic heterocycles. The molecule has 1 aliphatic heterocycles. The van der Waals surface area contributed by atoms with Crippen molar-refractivity contribution in [1.29, 1.82) is 0 Å². The predicted octanol–water partition coefficient (Wildman–Crippen LogP) is 5.48. The van der Waals surface area contributed by atoms with Gasteiger partial charge in [0.15, 0.2) is 0 Å². The number of fused-ring (bicyclic) bond motifs is 1. The minimum absolute atomic E-state index is 0.0798. The molecule has 0 spiro atoms. The Morgan fingerprint density at radius 2 is 1.65 bits per heavy atom. The molecule has 2 heterocycles. The fourth-order valence-electron chi connectivity index (χ4n) is 4.49. The third-order valence-electron chi connectivity index (χ3n) is 6.29. The van der Waals surface area contributed by atoms with Crippen molar-refractivity contribution in [3.05, 3.63) is 95.3 Å². The summed E-state index contributed by atoms with van der Waals surface area (Å²) in [6, 6.07) is 25.3. The predicted molar refractivity (Wildman–Crippen MR) is 126 cm³/mol. The second kappa shape index (κ2) is 8.03. The van der Waals surface area contributed by atoms with Gasteiger partial charge in [-0.15, -0.1) is 0 Å². The smallest absolute Gasteiger partial charge is 0.227 e. The van der Waals surface area contributed by atoms with E-state index in [1.54, 1.807) is 0 Å². The van der Waals surface area contributed by atoms with Crippen LogP contribution in [0.4, 0.5) is 5.69 Å². The molecule has 3 aromatic carbocycles. The molecule has 0 bridgehead atoms. The summed E-state index contributed by atoms with van der Waals surface area (Å²) >= 11 is 0. The highest BCUT2D eigenvalue weighted by Gasteiger charge is 2.34. The summed E-state index contributed by atoms with van der Waals surface area (Å²) < 4.78 is 2.29. The topological polar surface area (TPSA) is 38.1 Å². The zero-order chi connectivity index (χ0) is 21.4. The normalized spacial score (nSPS) is 16.4. The zero-order valence-corrected chi connectivity index (χ0v) is 18.1. The Morgan fingerprint density at radius 3 is 2.39 bits per heavy atom. The van der Waals surface area contributed by atoms with E-state index in [2.05, 4.69) is 85.1 Å². The molecule has 1 fully saturated rings. The van der Waals surface area contributed by atoms with Gasteiger partial charge in [-0.05, 0) is 48.7 Å². The molecule has 0 radical (unpaired) electrons. The number of hydrogen-bond donors (Lipinski definition) is 0.